The molecular formula is C14H14N4O2S. The van der Waals surface area contributed by atoms with Crippen LogP contribution in [0.4, 0.5) is 0 Å². The first-order chi connectivity index (χ1) is 10.3. The second-order valence-electron chi connectivity index (χ2n) is 5.33. The standard InChI is InChI=1S/C14H14N4O2S/c19-14(10-1-2-15-8-17-10)18-6-9-5-11(20-12(9)7-18)13-16-3-4-21-13/h1-4,8-9,11-12H,5-7H2/t9-,11-,12+/m0/s1. The van der Waals surface area contributed by atoms with Gasteiger partial charge in [0, 0.05) is 36.8 Å². The highest BCUT2D eigenvalue weighted by Crippen LogP contribution is 2.41. The average molecular weight is 302 g/mol. The van der Waals surface area contributed by atoms with E-state index < -0.39 is 0 Å². The van der Waals surface area contributed by atoms with Crippen LogP contribution in [-0.4, -0.2) is 45.0 Å². The fourth-order valence-electron chi connectivity index (χ4n) is 3.06. The Hall–Kier alpha value is -1.86. The zero-order valence-corrected chi connectivity index (χ0v) is 12.1. The minimum atomic E-state index is -0.0406. The van der Waals surface area contributed by atoms with Crippen molar-refractivity contribution in [3.05, 3.63) is 40.9 Å². The molecule has 4 heterocycles. The number of hydrogen-bond donors (Lipinski definition) is 0. The molecule has 21 heavy (non-hydrogen) atoms. The normalized spacial score (nSPS) is 27.8. The molecule has 2 aromatic heterocycles. The zero-order valence-electron chi connectivity index (χ0n) is 11.3. The van der Waals surface area contributed by atoms with Crippen LogP contribution in [0.1, 0.15) is 28.0 Å². The number of fused-ring (bicyclic) bond motifs is 1. The van der Waals surface area contributed by atoms with Crippen LogP contribution in [0.5, 0.6) is 0 Å². The van der Waals surface area contributed by atoms with Crippen molar-refractivity contribution in [2.75, 3.05) is 13.1 Å². The zero-order chi connectivity index (χ0) is 14.2. The number of ether oxygens (including phenoxy) is 1. The van der Waals surface area contributed by atoms with Crippen molar-refractivity contribution in [1.82, 2.24) is 19.9 Å². The summed E-state index contributed by atoms with van der Waals surface area (Å²) in [5, 5.41) is 3.01. The number of carbonyl (C=O) groups excluding carboxylic acids is 1. The van der Waals surface area contributed by atoms with Crippen LogP contribution in [0.25, 0.3) is 0 Å². The van der Waals surface area contributed by atoms with Gasteiger partial charge in [-0.1, -0.05) is 0 Å². The van der Waals surface area contributed by atoms with Crippen LogP contribution in [-0.2, 0) is 4.74 Å². The Morgan fingerprint density at radius 2 is 2.29 bits per heavy atom. The molecule has 4 rings (SSSR count). The summed E-state index contributed by atoms with van der Waals surface area (Å²) in [5.74, 6) is 0.353. The van der Waals surface area contributed by atoms with Crippen LogP contribution in [0, 0.1) is 5.92 Å². The number of nitrogens with zero attached hydrogens (tertiary/aromatic N) is 4. The van der Waals surface area contributed by atoms with Gasteiger partial charge in [0.2, 0.25) is 0 Å². The fourth-order valence-corrected chi connectivity index (χ4v) is 3.75. The molecule has 0 radical (unpaired) electrons. The summed E-state index contributed by atoms with van der Waals surface area (Å²) < 4.78 is 6.07. The molecule has 0 bridgehead atoms. The highest BCUT2D eigenvalue weighted by atomic mass is 32.1. The van der Waals surface area contributed by atoms with E-state index in [0.717, 1.165) is 18.0 Å². The maximum absolute atomic E-state index is 12.4. The van der Waals surface area contributed by atoms with Crippen molar-refractivity contribution in [1.29, 1.82) is 0 Å². The van der Waals surface area contributed by atoms with E-state index in [1.807, 2.05) is 16.5 Å². The summed E-state index contributed by atoms with van der Waals surface area (Å²) in [6.07, 6.45) is 5.94. The highest BCUT2D eigenvalue weighted by molar-refractivity contribution is 7.09. The molecule has 0 saturated carbocycles. The predicted molar refractivity (Wildman–Crippen MR) is 75.8 cm³/mol. The molecule has 7 heteroatoms. The Balaban J connectivity index is 1.43. The lowest BCUT2D eigenvalue weighted by atomic mass is 10.0. The SMILES string of the molecule is O=C(c1ccncn1)N1C[C@@H]2C[C@@H](c3nccs3)O[C@@H]2C1. The van der Waals surface area contributed by atoms with Crippen molar-refractivity contribution in [2.24, 2.45) is 5.92 Å². The van der Waals surface area contributed by atoms with Gasteiger partial charge in [-0.3, -0.25) is 4.79 Å². The minimum absolute atomic E-state index is 0.0406. The third-order valence-corrected chi connectivity index (χ3v) is 4.92. The van der Waals surface area contributed by atoms with Crippen LogP contribution >= 0.6 is 11.3 Å². The third-order valence-electron chi connectivity index (χ3n) is 4.05. The van der Waals surface area contributed by atoms with Gasteiger partial charge in [-0.25, -0.2) is 15.0 Å². The van der Waals surface area contributed by atoms with Crippen LogP contribution < -0.4 is 0 Å². The topological polar surface area (TPSA) is 68.2 Å². The highest BCUT2D eigenvalue weighted by Gasteiger charge is 2.44. The Labute approximate surface area is 125 Å². The summed E-state index contributed by atoms with van der Waals surface area (Å²) >= 11 is 1.63. The first-order valence-corrected chi connectivity index (χ1v) is 7.79. The quantitative estimate of drug-likeness (QED) is 0.841. The summed E-state index contributed by atoms with van der Waals surface area (Å²) in [6.45, 7) is 1.37. The number of aromatic nitrogens is 3. The Morgan fingerprint density at radius 1 is 1.33 bits per heavy atom. The number of carbonyl (C=O) groups is 1. The lowest BCUT2D eigenvalue weighted by molar-refractivity contribution is 0.0353. The average Bonchev–Trinajstić information content (AvgIpc) is 3.22. The summed E-state index contributed by atoms with van der Waals surface area (Å²) in [5.41, 5.74) is 0.446. The Kier molecular flexibility index (Phi) is 3.16. The van der Waals surface area contributed by atoms with Gasteiger partial charge in [-0.2, -0.15) is 0 Å². The molecule has 2 aromatic rings. The molecule has 0 unspecified atom stereocenters. The van der Waals surface area contributed by atoms with E-state index in [1.54, 1.807) is 23.6 Å². The molecule has 0 aliphatic carbocycles. The molecule has 2 fully saturated rings. The van der Waals surface area contributed by atoms with Crippen LogP contribution in [0.3, 0.4) is 0 Å². The lowest BCUT2D eigenvalue weighted by Gasteiger charge is -2.18. The maximum Gasteiger partial charge on any atom is 0.272 e. The van der Waals surface area contributed by atoms with E-state index in [4.69, 9.17) is 4.74 Å². The van der Waals surface area contributed by atoms with Crippen molar-refractivity contribution in [2.45, 2.75) is 18.6 Å². The third kappa shape index (κ3) is 2.32. The Morgan fingerprint density at radius 3 is 3.00 bits per heavy atom. The van der Waals surface area contributed by atoms with Gasteiger partial charge >= 0.3 is 0 Å². The van der Waals surface area contributed by atoms with E-state index in [0.29, 0.717) is 18.2 Å². The van der Waals surface area contributed by atoms with Crippen molar-refractivity contribution in [3.8, 4) is 0 Å². The summed E-state index contributed by atoms with van der Waals surface area (Å²) in [7, 11) is 0. The Bertz CT molecular complexity index is 620. The molecule has 2 aliphatic heterocycles. The molecule has 3 atom stereocenters. The number of rotatable bonds is 2. The van der Waals surface area contributed by atoms with E-state index in [9.17, 15) is 4.79 Å². The van der Waals surface area contributed by atoms with Gasteiger partial charge in [-0.15, -0.1) is 11.3 Å². The first kappa shape index (κ1) is 12.8. The number of thiazole rings is 1. The van der Waals surface area contributed by atoms with Gasteiger partial charge in [0.1, 0.15) is 23.1 Å². The number of likely N-dealkylation sites (tertiary alicyclic amines) is 1. The smallest absolute Gasteiger partial charge is 0.272 e. The van der Waals surface area contributed by atoms with Crippen molar-refractivity contribution in [3.63, 3.8) is 0 Å². The maximum atomic E-state index is 12.4. The molecule has 0 N–H and O–H groups in total. The van der Waals surface area contributed by atoms with Crippen LogP contribution in [0.15, 0.2) is 30.2 Å². The summed E-state index contributed by atoms with van der Waals surface area (Å²) in [4.78, 5) is 26.4. The molecule has 1 amide bonds. The second kappa shape index (κ2) is 5.16. The second-order valence-corrected chi connectivity index (χ2v) is 6.26. The van der Waals surface area contributed by atoms with Crippen molar-refractivity contribution < 1.29 is 9.53 Å². The van der Waals surface area contributed by atoms with Gasteiger partial charge in [-0.05, 0) is 12.5 Å². The molecular weight excluding hydrogens is 288 g/mol. The number of amides is 1. The van der Waals surface area contributed by atoms with Crippen LogP contribution in [0.2, 0.25) is 0 Å². The largest absolute Gasteiger partial charge is 0.366 e. The lowest BCUT2D eigenvalue weighted by Crippen LogP contribution is -2.31. The van der Waals surface area contributed by atoms with E-state index in [2.05, 4.69) is 15.0 Å². The van der Waals surface area contributed by atoms with Gasteiger partial charge < -0.3 is 9.64 Å². The van der Waals surface area contributed by atoms with Gasteiger partial charge in [0.25, 0.3) is 5.91 Å². The van der Waals surface area contributed by atoms with Gasteiger partial charge in [0.15, 0.2) is 0 Å². The molecule has 0 aromatic carbocycles. The van der Waals surface area contributed by atoms with E-state index in [1.165, 1.54) is 6.33 Å². The molecule has 2 saturated heterocycles. The summed E-state index contributed by atoms with van der Waals surface area (Å²) in [6, 6.07) is 1.65. The first-order valence-electron chi connectivity index (χ1n) is 6.91. The van der Waals surface area contributed by atoms with Crippen molar-refractivity contribution >= 4 is 17.2 Å². The predicted octanol–water partition coefficient (Wildman–Crippen LogP) is 1.54. The van der Waals surface area contributed by atoms with E-state index >= 15 is 0 Å². The fraction of sp³-hybridized carbons (Fsp3) is 0.429. The number of hydrogen-bond acceptors (Lipinski definition) is 6. The monoisotopic (exact) mass is 302 g/mol. The molecule has 6 nitrogen and oxygen atoms in total. The van der Waals surface area contributed by atoms with Gasteiger partial charge in [0.05, 0.1) is 6.10 Å². The molecule has 2 aliphatic rings. The van der Waals surface area contributed by atoms with E-state index in [-0.39, 0.29) is 18.1 Å². The minimum Gasteiger partial charge on any atom is -0.366 e. The molecule has 108 valence electrons. The molecule has 0 spiro atoms.